The molecule has 0 saturated heterocycles. The molecule has 3 rings (SSSR count). The van der Waals surface area contributed by atoms with Gasteiger partial charge in [-0.2, -0.15) is 0 Å². The van der Waals surface area contributed by atoms with E-state index in [0.717, 1.165) is 6.42 Å². The Morgan fingerprint density at radius 1 is 1.35 bits per heavy atom. The first kappa shape index (κ1) is 15.7. The van der Waals surface area contributed by atoms with Crippen LogP contribution in [0, 0.1) is 0 Å². The lowest BCUT2D eigenvalue weighted by Gasteiger charge is -2.13. The molecule has 0 fully saturated rings. The number of carbonyl (C=O) groups is 1. The second-order valence-electron chi connectivity index (χ2n) is 5.19. The van der Waals surface area contributed by atoms with Gasteiger partial charge in [-0.25, -0.2) is 0 Å². The minimum absolute atomic E-state index is 0.104. The number of ether oxygens (including phenoxy) is 2. The summed E-state index contributed by atoms with van der Waals surface area (Å²) in [5.74, 6) is 1.27. The van der Waals surface area contributed by atoms with Crippen molar-refractivity contribution in [3.05, 3.63) is 24.5 Å². The molecular weight excluding hydrogens is 316 g/mol. The van der Waals surface area contributed by atoms with Crippen molar-refractivity contribution in [2.24, 2.45) is 7.05 Å². The minimum Gasteiger partial charge on any atom is -0.490 e. The minimum atomic E-state index is -0.297. The third-order valence-electron chi connectivity index (χ3n) is 3.34. The Morgan fingerprint density at radius 2 is 2.13 bits per heavy atom. The molecule has 122 valence electrons. The lowest BCUT2D eigenvalue weighted by molar-refractivity contribution is -0.115. The van der Waals surface area contributed by atoms with Gasteiger partial charge < -0.3 is 19.4 Å². The number of rotatable bonds is 4. The predicted molar refractivity (Wildman–Crippen MR) is 87.0 cm³/mol. The summed E-state index contributed by atoms with van der Waals surface area (Å²) >= 11 is 1.36. The largest absolute Gasteiger partial charge is 0.490 e. The van der Waals surface area contributed by atoms with Gasteiger partial charge in [-0.1, -0.05) is 11.8 Å². The van der Waals surface area contributed by atoms with E-state index >= 15 is 0 Å². The molecule has 0 spiro atoms. The van der Waals surface area contributed by atoms with Crippen LogP contribution in [0.4, 0.5) is 5.69 Å². The second kappa shape index (κ2) is 6.91. The predicted octanol–water partition coefficient (Wildman–Crippen LogP) is 2.10. The number of amides is 1. The molecule has 0 saturated carbocycles. The molecule has 0 aliphatic carbocycles. The maximum absolute atomic E-state index is 12.3. The summed E-state index contributed by atoms with van der Waals surface area (Å²) in [4.78, 5) is 12.3. The van der Waals surface area contributed by atoms with E-state index in [1.54, 1.807) is 17.0 Å². The van der Waals surface area contributed by atoms with E-state index in [1.807, 2.05) is 26.1 Å². The van der Waals surface area contributed by atoms with Crippen LogP contribution in [0.3, 0.4) is 0 Å². The monoisotopic (exact) mass is 334 g/mol. The zero-order valence-corrected chi connectivity index (χ0v) is 13.8. The van der Waals surface area contributed by atoms with Gasteiger partial charge in [0, 0.05) is 25.2 Å². The van der Waals surface area contributed by atoms with E-state index in [-0.39, 0.29) is 11.2 Å². The molecule has 0 bridgehead atoms. The third kappa shape index (κ3) is 3.76. The summed E-state index contributed by atoms with van der Waals surface area (Å²) in [7, 11) is 1.84. The Balaban J connectivity index is 1.65. The van der Waals surface area contributed by atoms with Crippen molar-refractivity contribution in [2.45, 2.75) is 23.8 Å². The first-order valence-electron chi connectivity index (χ1n) is 7.34. The average Bonchev–Trinajstić information content (AvgIpc) is 2.80. The number of nitrogens with zero attached hydrogens (tertiary/aromatic N) is 3. The van der Waals surface area contributed by atoms with E-state index in [1.165, 1.54) is 11.8 Å². The van der Waals surface area contributed by atoms with Crippen LogP contribution in [-0.2, 0) is 11.8 Å². The van der Waals surface area contributed by atoms with Crippen LogP contribution in [0.15, 0.2) is 29.7 Å². The molecule has 1 aliphatic heterocycles. The number of thioether (sulfide) groups is 1. The summed E-state index contributed by atoms with van der Waals surface area (Å²) in [5.41, 5.74) is 0.685. The topological polar surface area (TPSA) is 78.3 Å². The summed E-state index contributed by atoms with van der Waals surface area (Å²) in [6.45, 7) is 3.09. The Labute approximate surface area is 138 Å². The molecular formula is C15H18N4O3S. The molecule has 2 aromatic rings. The van der Waals surface area contributed by atoms with Crippen LogP contribution in [0.2, 0.25) is 0 Å². The Kier molecular flexibility index (Phi) is 4.71. The molecule has 1 aromatic heterocycles. The number of hydrogen-bond donors (Lipinski definition) is 1. The lowest BCUT2D eigenvalue weighted by Crippen LogP contribution is -2.22. The maximum atomic E-state index is 12.3. The molecule has 1 aliphatic rings. The quantitative estimate of drug-likeness (QED) is 0.863. The van der Waals surface area contributed by atoms with Crippen LogP contribution >= 0.6 is 11.8 Å². The van der Waals surface area contributed by atoms with Gasteiger partial charge in [-0.15, -0.1) is 10.2 Å². The number of aromatic nitrogens is 3. The SMILES string of the molecule is C[C@H](Sc1nncn1C)C(=O)Nc1ccc2c(c1)OCCCO2. The zero-order valence-electron chi connectivity index (χ0n) is 13.0. The summed E-state index contributed by atoms with van der Waals surface area (Å²) in [6.07, 6.45) is 2.46. The molecule has 2 heterocycles. The van der Waals surface area contributed by atoms with Crippen molar-refractivity contribution in [2.75, 3.05) is 18.5 Å². The highest BCUT2D eigenvalue weighted by Gasteiger charge is 2.18. The van der Waals surface area contributed by atoms with Crippen LogP contribution in [0.25, 0.3) is 0 Å². The Hall–Kier alpha value is -2.22. The molecule has 0 radical (unpaired) electrons. The van der Waals surface area contributed by atoms with Gasteiger partial charge in [-0.3, -0.25) is 4.79 Å². The normalized spacial score (nSPS) is 14.9. The number of hydrogen-bond acceptors (Lipinski definition) is 6. The van der Waals surface area contributed by atoms with Gasteiger partial charge in [0.15, 0.2) is 16.7 Å². The van der Waals surface area contributed by atoms with Crippen LogP contribution in [-0.4, -0.2) is 39.1 Å². The number of fused-ring (bicyclic) bond motifs is 1. The van der Waals surface area contributed by atoms with E-state index in [4.69, 9.17) is 9.47 Å². The molecule has 23 heavy (non-hydrogen) atoms. The van der Waals surface area contributed by atoms with Crippen LogP contribution in [0.5, 0.6) is 11.5 Å². The van der Waals surface area contributed by atoms with Gasteiger partial charge in [0.25, 0.3) is 0 Å². The van der Waals surface area contributed by atoms with E-state index in [2.05, 4.69) is 15.5 Å². The zero-order chi connectivity index (χ0) is 16.2. The highest BCUT2D eigenvalue weighted by molar-refractivity contribution is 8.00. The number of nitrogens with one attached hydrogen (secondary N) is 1. The summed E-state index contributed by atoms with van der Waals surface area (Å²) in [5, 5.41) is 11.1. The highest BCUT2D eigenvalue weighted by atomic mass is 32.2. The number of aryl methyl sites for hydroxylation is 1. The standard InChI is InChI=1S/C15H18N4O3S/c1-10(23-15-18-16-9-19(15)2)14(20)17-11-4-5-12-13(8-11)22-7-3-6-21-12/h4-5,8-10H,3,6-7H2,1-2H3,(H,17,20)/t10-/m0/s1. The Bertz CT molecular complexity index is 704. The van der Waals surface area contributed by atoms with Crippen molar-refractivity contribution in [1.29, 1.82) is 0 Å². The van der Waals surface area contributed by atoms with Gasteiger partial charge in [0.05, 0.1) is 18.5 Å². The summed E-state index contributed by atoms with van der Waals surface area (Å²) in [6, 6.07) is 5.42. The fraction of sp³-hybridized carbons (Fsp3) is 0.400. The fourth-order valence-corrected chi connectivity index (χ4v) is 2.87. The molecule has 1 atom stereocenters. The molecule has 1 amide bonds. The first-order chi connectivity index (χ1) is 11.1. The number of carbonyl (C=O) groups excluding carboxylic acids is 1. The van der Waals surface area contributed by atoms with Gasteiger partial charge in [0.1, 0.15) is 6.33 Å². The first-order valence-corrected chi connectivity index (χ1v) is 8.22. The molecule has 8 heteroatoms. The van der Waals surface area contributed by atoms with Crippen molar-refractivity contribution < 1.29 is 14.3 Å². The van der Waals surface area contributed by atoms with Gasteiger partial charge in [-0.05, 0) is 19.1 Å². The van der Waals surface area contributed by atoms with E-state index in [9.17, 15) is 4.79 Å². The van der Waals surface area contributed by atoms with Crippen LogP contribution in [0.1, 0.15) is 13.3 Å². The fourth-order valence-electron chi connectivity index (χ4n) is 2.08. The Morgan fingerprint density at radius 3 is 2.87 bits per heavy atom. The van der Waals surface area contributed by atoms with Gasteiger partial charge in [0.2, 0.25) is 5.91 Å². The van der Waals surface area contributed by atoms with Crippen molar-refractivity contribution in [3.63, 3.8) is 0 Å². The van der Waals surface area contributed by atoms with E-state index in [0.29, 0.717) is 35.6 Å². The lowest BCUT2D eigenvalue weighted by atomic mass is 10.2. The molecule has 7 nitrogen and oxygen atoms in total. The van der Waals surface area contributed by atoms with Crippen LogP contribution < -0.4 is 14.8 Å². The average molecular weight is 334 g/mol. The number of benzene rings is 1. The van der Waals surface area contributed by atoms with E-state index < -0.39 is 0 Å². The summed E-state index contributed by atoms with van der Waals surface area (Å²) < 4.78 is 13.0. The van der Waals surface area contributed by atoms with Crippen molar-refractivity contribution >= 4 is 23.4 Å². The molecule has 0 unspecified atom stereocenters. The molecule has 1 aromatic carbocycles. The van der Waals surface area contributed by atoms with Crippen molar-refractivity contribution in [3.8, 4) is 11.5 Å². The smallest absolute Gasteiger partial charge is 0.237 e. The highest BCUT2D eigenvalue weighted by Crippen LogP contribution is 2.32. The number of anilines is 1. The molecule has 1 N–H and O–H groups in total. The van der Waals surface area contributed by atoms with Crippen molar-refractivity contribution in [1.82, 2.24) is 14.8 Å². The van der Waals surface area contributed by atoms with Gasteiger partial charge >= 0.3 is 0 Å². The maximum Gasteiger partial charge on any atom is 0.237 e. The second-order valence-corrected chi connectivity index (χ2v) is 6.49. The third-order valence-corrected chi connectivity index (χ3v) is 4.48.